The zero-order valence-corrected chi connectivity index (χ0v) is 16.2. The number of nitrogens with one attached hydrogen (secondary N) is 1. The second kappa shape index (κ2) is 7.97. The van der Waals surface area contributed by atoms with Crippen LogP contribution in [0.4, 0.5) is 4.79 Å². The van der Waals surface area contributed by atoms with Crippen molar-refractivity contribution in [3.63, 3.8) is 0 Å². The minimum absolute atomic E-state index is 0.00640. The van der Waals surface area contributed by atoms with Gasteiger partial charge in [0.1, 0.15) is 0 Å². The third-order valence-corrected chi connectivity index (χ3v) is 6.49. The van der Waals surface area contributed by atoms with Gasteiger partial charge in [0.25, 0.3) is 0 Å². The van der Waals surface area contributed by atoms with Gasteiger partial charge in [0.05, 0.1) is 5.60 Å². The number of amides is 2. The Labute approximate surface area is 157 Å². The van der Waals surface area contributed by atoms with Crippen LogP contribution in [0.1, 0.15) is 50.5 Å². The van der Waals surface area contributed by atoms with Crippen LogP contribution in [0, 0.1) is 0 Å². The van der Waals surface area contributed by atoms with Gasteiger partial charge in [-0.05, 0) is 45.3 Å². The lowest BCUT2D eigenvalue weighted by atomic mass is 9.80. The lowest BCUT2D eigenvalue weighted by Gasteiger charge is -2.44. The molecule has 5 nitrogen and oxygen atoms in total. The highest BCUT2D eigenvalue weighted by Crippen LogP contribution is 2.33. The Bertz CT molecular complexity index is 589. The molecular weight excluding hydrogens is 326 g/mol. The standard InChI is InChI=1S/C21H33N3O2/c1-23(2)20(11-7-4-8-12-20)17-22-19(25)24-15-13-21(26,14-16-24)18-9-5-3-6-10-18/h3,5-6,9-10,26H,4,7-8,11-17H2,1-2H3,(H,22,25). The zero-order valence-electron chi connectivity index (χ0n) is 16.2. The Morgan fingerprint density at radius 1 is 1.08 bits per heavy atom. The van der Waals surface area contributed by atoms with Gasteiger partial charge in [-0.3, -0.25) is 0 Å². The molecule has 1 heterocycles. The summed E-state index contributed by atoms with van der Waals surface area (Å²) in [6.45, 7) is 1.89. The van der Waals surface area contributed by atoms with Crippen LogP contribution < -0.4 is 5.32 Å². The predicted octanol–water partition coefficient (Wildman–Crippen LogP) is 2.94. The van der Waals surface area contributed by atoms with Crippen molar-refractivity contribution >= 4 is 6.03 Å². The van der Waals surface area contributed by atoms with Crippen molar-refractivity contribution in [1.29, 1.82) is 0 Å². The molecule has 2 amide bonds. The first-order valence-corrected chi connectivity index (χ1v) is 9.93. The molecule has 0 radical (unpaired) electrons. The van der Waals surface area contributed by atoms with Crippen LogP contribution in [0.5, 0.6) is 0 Å². The summed E-state index contributed by atoms with van der Waals surface area (Å²) >= 11 is 0. The number of likely N-dealkylation sites (tertiary alicyclic amines) is 1. The van der Waals surface area contributed by atoms with Crippen LogP contribution in [0.25, 0.3) is 0 Å². The highest BCUT2D eigenvalue weighted by atomic mass is 16.3. The number of nitrogens with zero attached hydrogens (tertiary/aromatic N) is 2. The van der Waals surface area contributed by atoms with E-state index in [1.807, 2.05) is 35.2 Å². The van der Waals surface area contributed by atoms with Crippen molar-refractivity contribution in [2.45, 2.75) is 56.1 Å². The third-order valence-electron chi connectivity index (χ3n) is 6.49. The second-order valence-electron chi connectivity index (χ2n) is 8.22. The van der Waals surface area contributed by atoms with E-state index in [1.165, 1.54) is 19.3 Å². The maximum absolute atomic E-state index is 12.7. The zero-order chi connectivity index (χ0) is 18.6. The van der Waals surface area contributed by atoms with Crippen molar-refractivity contribution in [3.05, 3.63) is 35.9 Å². The highest BCUT2D eigenvalue weighted by Gasteiger charge is 2.37. The Morgan fingerprint density at radius 2 is 1.69 bits per heavy atom. The lowest BCUT2D eigenvalue weighted by molar-refractivity contribution is -0.0172. The summed E-state index contributed by atoms with van der Waals surface area (Å²) in [5, 5.41) is 14.1. The Hall–Kier alpha value is -1.59. The molecule has 1 saturated carbocycles. The molecule has 0 atom stereocenters. The number of hydrogen-bond donors (Lipinski definition) is 2. The first-order chi connectivity index (χ1) is 12.5. The molecule has 0 spiro atoms. The maximum atomic E-state index is 12.7. The molecule has 144 valence electrons. The van der Waals surface area contributed by atoms with E-state index >= 15 is 0 Å². The monoisotopic (exact) mass is 359 g/mol. The summed E-state index contributed by atoms with van der Waals surface area (Å²) in [5.41, 5.74) is 0.231. The fraction of sp³-hybridized carbons (Fsp3) is 0.667. The van der Waals surface area contributed by atoms with Crippen molar-refractivity contribution < 1.29 is 9.90 Å². The van der Waals surface area contributed by atoms with Gasteiger partial charge in [-0.2, -0.15) is 0 Å². The number of rotatable bonds is 4. The van der Waals surface area contributed by atoms with E-state index in [0.29, 0.717) is 32.5 Å². The smallest absolute Gasteiger partial charge is 0.317 e. The average molecular weight is 360 g/mol. The van der Waals surface area contributed by atoms with Crippen LogP contribution in [0.15, 0.2) is 30.3 Å². The molecule has 5 heteroatoms. The van der Waals surface area contributed by atoms with Gasteiger partial charge >= 0.3 is 6.03 Å². The lowest BCUT2D eigenvalue weighted by Crippen LogP contribution is -2.56. The van der Waals surface area contributed by atoms with E-state index in [0.717, 1.165) is 18.4 Å². The molecule has 26 heavy (non-hydrogen) atoms. The van der Waals surface area contributed by atoms with Crippen molar-refractivity contribution in [3.8, 4) is 0 Å². The quantitative estimate of drug-likeness (QED) is 0.869. The molecule has 2 fully saturated rings. The van der Waals surface area contributed by atoms with Gasteiger partial charge in [0, 0.05) is 25.2 Å². The summed E-state index contributed by atoms with van der Waals surface area (Å²) in [6, 6.07) is 9.82. The van der Waals surface area contributed by atoms with Crippen LogP contribution in [-0.2, 0) is 5.60 Å². The molecule has 0 aromatic heterocycles. The van der Waals surface area contributed by atoms with E-state index < -0.39 is 5.60 Å². The SMILES string of the molecule is CN(C)C1(CNC(=O)N2CCC(O)(c3ccccc3)CC2)CCCCC1. The molecule has 1 aliphatic carbocycles. The van der Waals surface area contributed by atoms with Crippen molar-refractivity contribution in [2.24, 2.45) is 0 Å². The number of carbonyl (C=O) groups is 1. The number of hydrogen-bond acceptors (Lipinski definition) is 3. The molecular formula is C21H33N3O2. The van der Waals surface area contributed by atoms with E-state index in [-0.39, 0.29) is 11.6 Å². The van der Waals surface area contributed by atoms with Gasteiger partial charge in [-0.1, -0.05) is 49.6 Å². The molecule has 1 aliphatic heterocycles. The molecule has 2 aliphatic rings. The van der Waals surface area contributed by atoms with Crippen LogP contribution in [-0.4, -0.2) is 60.2 Å². The normalized spacial score (nSPS) is 22.2. The maximum Gasteiger partial charge on any atom is 0.317 e. The molecule has 0 bridgehead atoms. The van der Waals surface area contributed by atoms with Gasteiger partial charge in [-0.25, -0.2) is 4.79 Å². The summed E-state index contributed by atoms with van der Waals surface area (Å²) in [6.07, 6.45) is 7.24. The molecule has 1 saturated heterocycles. The highest BCUT2D eigenvalue weighted by molar-refractivity contribution is 5.74. The van der Waals surface area contributed by atoms with Crippen LogP contribution >= 0.6 is 0 Å². The third kappa shape index (κ3) is 4.04. The number of piperidine rings is 1. The fourth-order valence-electron chi connectivity index (χ4n) is 4.46. The first kappa shape index (κ1) is 19.2. The number of carbonyl (C=O) groups excluding carboxylic acids is 1. The predicted molar refractivity (Wildman–Crippen MR) is 104 cm³/mol. The van der Waals surface area contributed by atoms with E-state index in [2.05, 4.69) is 24.3 Å². The second-order valence-corrected chi connectivity index (χ2v) is 8.22. The number of likely N-dealkylation sites (N-methyl/N-ethyl adjacent to an activating group) is 1. The van der Waals surface area contributed by atoms with Crippen molar-refractivity contribution in [2.75, 3.05) is 33.7 Å². The first-order valence-electron chi connectivity index (χ1n) is 9.93. The van der Waals surface area contributed by atoms with E-state index in [9.17, 15) is 9.90 Å². The summed E-state index contributed by atoms with van der Waals surface area (Å²) in [5.74, 6) is 0. The van der Waals surface area contributed by atoms with Gasteiger partial charge in [-0.15, -0.1) is 0 Å². The Kier molecular flexibility index (Phi) is 5.88. The topological polar surface area (TPSA) is 55.8 Å². The number of benzene rings is 1. The largest absolute Gasteiger partial charge is 0.385 e. The molecule has 2 N–H and O–H groups in total. The molecule has 1 aromatic carbocycles. The Morgan fingerprint density at radius 3 is 2.27 bits per heavy atom. The molecule has 3 rings (SSSR count). The van der Waals surface area contributed by atoms with Gasteiger partial charge in [0.15, 0.2) is 0 Å². The van der Waals surface area contributed by atoms with E-state index in [1.54, 1.807) is 0 Å². The molecule has 0 unspecified atom stereocenters. The van der Waals surface area contributed by atoms with Gasteiger partial charge < -0.3 is 20.2 Å². The van der Waals surface area contributed by atoms with Crippen LogP contribution in [0.3, 0.4) is 0 Å². The minimum Gasteiger partial charge on any atom is -0.385 e. The summed E-state index contributed by atoms with van der Waals surface area (Å²) < 4.78 is 0. The van der Waals surface area contributed by atoms with E-state index in [4.69, 9.17) is 0 Å². The fourth-order valence-corrected chi connectivity index (χ4v) is 4.46. The van der Waals surface area contributed by atoms with Crippen molar-refractivity contribution in [1.82, 2.24) is 15.1 Å². The summed E-state index contributed by atoms with van der Waals surface area (Å²) in [7, 11) is 4.25. The van der Waals surface area contributed by atoms with Gasteiger partial charge in [0.2, 0.25) is 0 Å². The molecule has 1 aromatic rings. The number of aliphatic hydroxyl groups is 1. The summed E-state index contributed by atoms with van der Waals surface area (Å²) in [4.78, 5) is 16.8. The Balaban J connectivity index is 1.54. The number of urea groups is 1. The average Bonchev–Trinajstić information content (AvgIpc) is 2.68. The van der Waals surface area contributed by atoms with Crippen LogP contribution in [0.2, 0.25) is 0 Å². The minimum atomic E-state index is -0.813.